The van der Waals surface area contributed by atoms with Crippen molar-refractivity contribution >= 4 is 29.3 Å². The molecular weight excluding hydrogens is 371 g/mol. The number of benzene rings is 2. The van der Waals surface area contributed by atoms with Gasteiger partial charge in [-0.05, 0) is 24.3 Å². The number of rotatable bonds is 5. The third kappa shape index (κ3) is 4.31. The summed E-state index contributed by atoms with van der Waals surface area (Å²) in [7, 11) is 1.34. The highest BCUT2D eigenvalue weighted by Crippen LogP contribution is 2.38. The van der Waals surface area contributed by atoms with Crippen LogP contribution in [0.5, 0.6) is 11.5 Å². The first-order valence-electron chi connectivity index (χ1n) is 6.26. The first-order valence-corrected chi connectivity index (χ1v) is 7.38. The fourth-order valence-corrected chi connectivity index (χ4v) is 2.54. The Bertz CT molecular complexity index is 770. The first-order chi connectivity index (χ1) is 11.2. The monoisotopic (exact) mass is 379 g/mol. The van der Waals surface area contributed by atoms with Crippen LogP contribution in [-0.2, 0) is 10.4 Å². The molecule has 2 aromatic carbocycles. The predicted molar refractivity (Wildman–Crippen MR) is 82.5 cm³/mol. The molecule has 0 spiro atoms. The molecule has 0 bridgehead atoms. The summed E-state index contributed by atoms with van der Waals surface area (Å²) in [6.07, 6.45) is -4.52. The normalized spacial score (nSPS) is 11.4. The number of alkyl halides is 3. The van der Waals surface area contributed by atoms with Crippen molar-refractivity contribution in [1.29, 1.82) is 0 Å². The molecule has 0 heterocycles. The first kappa shape index (κ1) is 18.4. The van der Waals surface area contributed by atoms with Gasteiger partial charge in [0, 0.05) is 24.2 Å². The van der Waals surface area contributed by atoms with Gasteiger partial charge in [-0.2, -0.15) is 13.2 Å². The van der Waals surface area contributed by atoms with Crippen LogP contribution in [0.2, 0.25) is 5.02 Å². The molecule has 24 heavy (non-hydrogen) atoms. The minimum Gasteiger partial charge on any atom is -0.456 e. The summed E-state index contributed by atoms with van der Waals surface area (Å²) in [4.78, 5) is 10.5. The van der Waals surface area contributed by atoms with Crippen LogP contribution < -0.4 is 4.74 Å². The number of nitro benzene ring substituents is 1. The summed E-state index contributed by atoms with van der Waals surface area (Å²) >= 11 is 6.57. The molecule has 0 unspecified atom stereocenters. The molecule has 0 saturated heterocycles. The average molecular weight is 380 g/mol. The van der Waals surface area contributed by atoms with Crippen molar-refractivity contribution in [2.45, 2.75) is 11.1 Å². The van der Waals surface area contributed by atoms with E-state index in [2.05, 4.69) is 0 Å². The standard InChI is InChI=1S/C14H9ClF3NO4S/c1-22-24-13-7-9(3-4-11(13)19(20)21)23-12-5-2-8(6-10(12)15)14(16,17)18/h2-7H,1H3. The zero-order valence-corrected chi connectivity index (χ0v) is 13.5. The van der Waals surface area contributed by atoms with Gasteiger partial charge in [-0.25, -0.2) is 0 Å². The van der Waals surface area contributed by atoms with E-state index < -0.39 is 16.7 Å². The number of nitrogens with zero attached hydrogens (tertiary/aromatic N) is 1. The molecule has 0 radical (unpaired) electrons. The topological polar surface area (TPSA) is 61.6 Å². The summed E-state index contributed by atoms with van der Waals surface area (Å²) in [6, 6.07) is 6.50. The minimum absolute atomic E-state index is 0.00751. The Morgan fingerprint density at radius 1 is 1.21 bits per heavy atom. The van der Waals surface area contributed by atoms with Crippen LogP contribution in [-0.4, -0.2) is 12.0 Å². The molecule has 0 fully saturated rings. The lowest BCUT2D eigenvalue weighted by molar-refractivity contribution is -0.387. The molecule has 0 aliphatic heterocycles. The Morgan fingerprint density at radius 2 is 1.92 bits per heavy atom. The summed E-state index contributed by atoms with van der Waals surface area (Å²) in [5.74, 6) is 0.161. The van der Waals surface area contributed by atoms with Crippen molar-refractivity contribution in [3.05, 3.63) is 57.1 Å². The van der Waals surface area contributed by atoms with Gasteiger partial charge in [-0.1, -0.05) is 11.6 Å². The molecule has 10 heteroatoms. The van der Waals surface area contributed by atoms with Gasteiger partial charge in [-0.3, -0.25) is 10.1 Å². The van der Waals surface area contributed by atoms with Crippen molar-refractivity contribution in [2.24, 2.45) is 0 Å². The van der Waals surface area contributed by atoms with E-state index in [1.54, 1.807) is 0 Å². The lowest BCUT2D eigenvalue weighted by Gasteiger charge is -2.11. The van der Waals surface area contributed by atoms with Gasteiger partial charge in [0.15, 0.2) is 0 Å². The Balaban J connectivity index is 2.31. The zero-order chi connectivity index (χ0) is 17.9. The van der Waals surface area contributed by atoms with Gasteiger partial charge in [0.2, 0.25) is 0 Å². The third-order valence-corrected chi connectivity index (χ3v) is 3.76. The van der Waals surface area contributed by atoms with E-state index in [1.165, 1.54) is 25.3 Å². The lowest BCUT2D eigenvalue weighted by Crippen LogP contribution is -2.04. The van der Waals surface area contributed by atoms with Crippen molar-refractivity contribution in [3.8, 4) is 11.5 Å². The fourth-order valence-electron chi connectivity index (χ4n) is 1.75. The molecule has 0 saturated carbocycles. The maximum absolute atomic E-state index is 12.6. The van der Waals surface area contributed by atoms with Gasteiger partial charge in [0.05, 0.1) is 22.6 Å². The van der Waals surface area contributed by atoms with Crippen molar-refractivity contribution in [1.82, 2.24) is 0 Å². The molecule has 0 amide bonds. The highest BCUT2D eigenvalue weighted by molar-refractivity contribution is 7.94. The summed E-state index contributed by atoms with van der Waals surface area (Å²) in [5, 5.41) is 10.7. The second kappa shape index (κ2) is 7.29. The molecule has 0 aliphatic rings. The number of halogens is 4. The maximum atomic E-state index is 12.6. The Kier molecular flexibility index (Phi) is 5.58. The number of ether oxygens (including phenoxy) is 1. The highest BCUT2D eigenvalue weighted by atomic mass is 35.5. The van der Waals surface area contributed by atoms with Crippen LogP contribution in [0, 0.1) is 10.1 Å². The van der Waals surface area contributed by atoms with E-state index in [9.17, 15) is 23.3 Å². The van der Waals surface area contributed by atoms with Crippen molar-refractivity contribution in [3.63, 3.8) is 0 Å². The van der Waals surface area contributed by atoms with E-state index >= 15 is 0 Å². The molecular formula is C14H9ClF3NO4S. The number of nitro groups is 1. The molecule has 2 rings (SSSR count). The Labute approximate surface area is 143 Å². The van der Waals surface area contributed by atoms with Crippen LogP contribution in [0.3, 0.4) is 0 Å². The van der Waals surface area contributed by atoms with Crippen LogP contribution in [0.1, 0.15) is 5.56 Å². The van der Waals surface area contributed by atoms with Crippen LogP contribution in [0.4, 0.5) is 18.9 Å². The SMILES string of the molecule is COSc1cc(Oc2ccc(C(F)(F)F)cc2Cl)ccc1[N+](=O)[O-]. The van der Waals surface area contributed by atoms with E-state index in [0.717, 1.165) is 30.2 Å². The van der Waals surface area contributed by atoms with Gasteiger partial charge in [-0.15, -0.1) is 0 Å². The van der Waals surface area contributed by atoms with Gasteiger partial charge in [0.1, 0.15) is 16.4 Å². The van der Waals surface area contributed by atoms with Gasteiger partial charge in [0.25, 0.3) is 5.69 Å². The second-order valence-corrected chi connectivity index (χ2v) is 5.73. The molecule has 0 aliphatic carbocycles. The third-order valence-electron chi connectivity index (χ3n) is 2.79. The highest BCUT2D eigenvalue weighted by Gasteiger charge is 2.31. The summed E-state index contributed by atoms with van der Waals surface area (Å²) < 4.78 is 48.0. The van der Waals surface area contributed by atoms with E-state index in [1.807, 2.05) is 0 Å². The average Bonchev–Trinajstić information content (AvgIpc) is 2.48. The molecule has 2 aromatic rings. The van der Waals surface area contributed by atoms with Crippen molar-refractivity contribution in [2.75, 3.05) is 7.11 Å². The quantitative estimate of drug-likeness (QED) is 0.378. The van der Waals surface area contributed by atoms with Crippen molar-refractivity contribution < 1.29 is 27.0 Å². The fraction of sp³-hybridized carbons (Fsp3) is 0.143. The second-order valence-electron chi connectivity index (χ2n) is 4.38. The molecule has 128 valence electrons. The number of hydrogen-bond donors (Lipinski definition) is 0. The van der Waals surface area contributed by atoms with Gasteiger partial charge < -0.3 is 8.92 Å². The van der Waals surface area contributed by atoms with Crippen LogP contribution in [0.25, 0.3) is 0 Å². The minimum atomic E-state index is -4.52. The lowest BCUT2D eigenvalue weighted by atomic mass is 10.2. The van der Waals surface area contributed by atoms with Crippen LogP contribution in [0.15, 0.2) is 41.3 Å². The Morgan fingerprint density at radius 3 is 2.46 bits per heavy atom. The van der Waals surface area contributed by atoms with Gasteiger partial charge >= 0.3 is 6.18 Å². The Hall–Kier alpha value is -1.97. The van der Waals surface area contributed by atoms with E-state index in [4.69, 9.17) is 20.5 Å². The molecule has 0 atom stereocenters. The number of hydrogen-bond acceptors (Lipinski definition) is 5. The van der Waals surface area contributed by atoms with E-state index in [-0.39, 0.29) is 27.1 Å². The largest absolute Gasteiger partial charge is 0.456 e. The van der Waals surface area contributed by atoms with Crippen LogP contribution >= 0.6 is 23.6 Å². The van der Waals surface area contributed by atoms with E-state index in [0.29, 0.717) is 0 Å². The predicted octanol–water partition coefficient (Wildman–Crippen LogP) is 5.71. The molecule has 0 N–H and O–H groups in total. The molecule has 0 aromatic heterocycles. The smallest absolute Gasteiger partial charge is 0.416 e. The summed E-state index contributed by atoms with van der Waals surface area (Å²) in [6.45, 7) is 0. The zero-order valence-electron chi connectivity index (χ0n) is 12.0. The maximum Gasteiger partial charge on any atom is 0.416 e. The molecule has 5 nitrogen and oxygen atoms in total. The summed E-state index contributed by atoms with van der Waals surface area (Å²) in [5.41, 5.74) is -1.09.